The number of nitrogens with one attached hydrogen (secondary N) is 1. The van der Waals surface area contributed by atoms with Gasteiger partial charge >= 0.3 is 11.7 Å². The van der Waals surface area contributed by atoms with Gasteiger partial charge in [-0.05, 0) is 31.2 Å². The van der Waals surface area contributed by atoms with Gasteiger partial charge in [-0.1, -0.05) is 0 Å². The number of ether oxygens (including phenoxy) is 1. The Labute approximate surface area is 119 Å². The molecule has 0 atom stereocenters. The number of benzene rings is 1. The zero-order chi connectivity index (χ0) is 15.6. The van der Waals surface area contributed by atoms with Crippen molar-refractivity contribution in [1.29, 1.82) is 0 Å². The highest BCUT2D eigenvalue weighted by molar-refractivity contribution is 7.89. The van der Waals surface area contributed by atoms with Crippen molar-refractivity contribution in [2.45, 2.75) is 11.8 Å². The number of aromatic nitrogens is 3. The van der Waals surface area contributed by atoms with E-state index in [1.807, 2.05) is 0 Å². The Morgan fingerprint density at radius 1 is 1.38 bits per heavy atom. The number of nitrogens with zero attached hydrogens (tertiary/aromatic N) is 2. The Morgan fingerprint density at radius 2 is 2.00 bits per heavy atom. The van der Waals surface area contributed by atoms with E-state index in [0.29, 0.717) is 0 Å². The molecule has 3 N–H and O–H groups in total. The lowest BCUT2D eigenvalue weighted by Crippen LogP contribution is -2.16. The first-order chi connectivity index (χ1) is 9.82. The average molecular weight is 312 g/mol. The van der Waals surface area contributed by atoms with Crippen LogP contribution in [-0.2, 0) is 14.8 Å². The minimum atomic E-state index is -3.82. The van der Waals surface area contributed by atoms with Gasteiger partial charge in [-0.2, -0.15) is 4.68 Å². The number of carbonyl (C=O) groups excluding carboxylic acids is 1. The Hall–Kier alpha value is -2.46. The van der Waals surface area contributed by atoms with E-state index in [9.17, 15) is 18.0 Å². The number of hydrogen-bond acceptors (Lipinski definition) is 6. The zero-order valence-electron chi connectivity index (χ0n) is 10.9. The molecule has 1 heterocycles. The predicted octanol–water partition coefficient (Wildman–Crippen LogP) is -0.615. The molecule has 0 aliphatic heterocycles. The van der Waals surface area contributed by atoms with Gasteiger partial charge in [-0.15, -0.1) is 5.10 Å². The summed E-state index contributed by atoms with van der Waals surface area (Å²) in [6, 6.07) is 5.15. The van der Waals surface area contributed by atoms with Gasteiger partial charge in [-0.25, -0.2) is 23.1 Å². The van der Waals surface area contributed by atoms with Crippen molar-refractivity contribution in [3.05, 3.63) is 40.6 Å². The largest absolute Gasteiger partial charge is 0.460 e. The lowest BCUT2D eigenvalue weighted by atomic mass is 10.3. The van der Waals surface area contributed by atoms with E-state index in [1.165, 1.54) is 24.3 Å². The van der Waals surface area contributed by atoms with Crippen LogP contribution in [0, 0.1) is 0 Å². The van der Waals surface area contributed by atoms with Crippen LogP contribution in [0.5, 0.6) is 0 Å². The van der Waals surface area contributed by atoms with E-state index < -0.39 is 21.7 Å². The smallest absolute Gasteiger partial charge is 0.376 e. The van der Waals surface area contributed by atoms with Gasteiger partial charge in [0.1, 0.15) is 0 Å². The first-order valence-corrected chi connectivity index (χ1v) is 7.37. The number of hydrogen-bond donors (Lipinski definition) is 2. The maximum atomic E-state index is 11.7. The van der Waals surface area contributed by atoms with Crippen molar-refractivity contribution >= 4 is 16.0 Å². The third-order valence-electron chi connectivity index (χ3n) is 2.50. The van der Waals surface area contributed by atoms with Gasteiger partial charge in [0.2, 0.25) is 15.8 Å². The Bertz CT molecular complexity index is 819. The molecular weight excluding hydrogens is 300 g/mol. The average Bonchev–Trinajstić information content (AvgIpc) is 2.80. The second-order valence-corrected chi connectivity index (χ2v) is 5.51. The van der Waals surface area contributed by atoms with Crippen LogP contribution in [0.15, 0.2) is 34.0 Å². The number of sulfonamides is 1. The molecule has 0 aliphatic carbocycles. The summed E-state index contributed by atoms with van der Waals surface area (Å²) in [6.45, 7) is 1.77. The normalized spacial score (nSPS) is 11.3. The summed E-state index contributed by atoms with van der Waals surface area (Å²) < 4.78 is 27.9. The first kappa shape index (κ1) is 14.9. The molecule has 0 bridgehead atoms. The van der Waals surface area contributed by atoms with Gasteiger partial charge in [0, 0.05) is 0 Å². The minimum Gasteiger partial charge on any atom is -0.460 e. The SMILES string of the molecule is CCOC(=O)c1nn(-c2ccc(S(N)(=O)=O)cc2)c(=O)[nH]1. The van der Waals surface area contributed by atoms with Gasteiger partial charge < -0.3 is 4.74 Å². The molecule has 2 aromatic rings. The predicted molar refractivity (Wildman–Crippen MR) is 71.5 cm³/mol. The van der Waals surface area contributed by atoms with Gasteiger partial charge in [0.05, 0.1) is 17.2 Å². The number of carbonyl (C=O) groups is 1. The molecule has 0 amide bonds. The summed E-state index contributed by atoms with van der Waals surface area (Å²) in [7, 11) is -3.82. The summed E-state index contributed by atoms with van der Waals surface area (Å²) in [5.74, 6) is -0.994. The van der Waals surface area contributed by atoms with Crippen LogP contribution in [0.2, 0.25) is 0 Å². The highest BCUT2D eigenvalue weighted by Gasteiger charge is 2.15. The second kappa shape index (κ2) is 5.50. The molecule has 1 aromatic carbocycles. The monoisotopic (exact) mass is 312 g/mol. The number of nitrogens with two attached hydrogens (primary N) is 1. The molecule has 0 radical (unpaired) electrons. The highest BCUT2D eigenvalue weighted by atomic mass is 32.2. The van der Waals surface area contributed by atoms with E-state index in [0.717, 1.165) is 4.68 Å². The standard InChI is InChI=1S/C11H12N4O5S/c1-2-20-10(16)9-13-11(17)15(14-9)7-3-5-8(6-4-7)21(12,18)19/h3-6H,2H2,1H3,(H2,12,18,19)(H,13,14,17). The lowest BCUT2D eigenvalue weighted by molar-refractivity contribution is 0.0512. The van der Waals surface area contributed by atoms with Gasteiger partial charge in [0.15, 0.2) is 0 Å². The second-order valence-electron chi connectivity index (χ2n) is 3.95. The molecular formula is C11H12N4O5S. The number of H-pyrrole nitrogens is 1. The van der Waals surface area contributed by atoms with Crippen molar-refractivity contribution in [2.24, 2.45) is 5.14 Å². The van der Waals surface area contributed by atoms with E-state index in [4.69, 9.17) is 9.88 Å². The quantitative estimate of drug-likeness (QED) is 0.722. The number of primary sulfonamides is 1. The topological polar surface area (TPSA) is 137 Å². The van der Waals surface area contributed by atoms with E-state index in [-0.39, 0.29) is 23.0 Å². The molecule has 0 fully saturated rings. The fraction of sp³-hybridized carbons (Fsp3) is 0.182. The van der Waals surface area contributed by atoms with Crippen molar-refractivity contribution in [1.82, 2.24) is 14.8 Å². The van der Waals surface area contributed by atoms with Crippen molar-refractivity contribution < 1.29 is 17.9 Å². The van der Waals surface area contributed by atoms with E-state index in [1.54, 1.807) is 6.92 Å². The van der Waals surface area contributed by atoms with Crippen molar-refractivity contribution in [3.63, 3.8) is 0 Å². The highest BCUT2D eigenvalue weighted by Crippen LogP contribution is 2.10. The molecule has 2 rings (SSSR count). The third kappa shape index (κ3) is 3.17. The van der Waals surface area contributed by atoms with E-state index >= 15 is 0 Å². The van der Waals surface area contributed by atoms with Gasteiger partial charge in [-0.3, -0.25) is 4.98 Å². The number of rotatable bonds is 4. The fourth-order valence-electron chi connectivity index (χ4n) is 1.57. The summed E-state index contributed by atoms with van der Waals surface area (Å²) in [6.07, 6.45) is 0. The molecule has 9 nitrogen and oxygen atoms in total. The van der Waals surface area contributed by atoms with Crippen LogP contribution in [0.4, 0.5) is 0 Å². The molecule has 21 heavy (non-hydrogen) atoms. The number of aromatic amines is 1. The summed E-state index contributed by atoms with van der Waals surface area (Å²) in [5, 5.41) is 8.76. The molecule has 112 valence electrons. The third-order valence-corrected chi connectivity index (χ3v) is 3.43. The molecule has 1 aromatic heterocycles. The summed E-state index contributed by atoms with van der Waals surface area (Å²) >= 11 is 0. The van der Waals surface area contributed by atoms with Gasteiger partial charge in [0.25, 0.3) is 0 Å². The maximum Gasteiger partial charge on any atom is 0.376 e. The summed E-state index contributed by atoms with van der Waals surface area (Å²) in [5.41, 5.74) is -0.374. The van der Waals surface area contributed by atoms with Crippen LogP contribution in [0.1, 0.15) is 17.5 Å². The molecule has 0 saturated carbocycles. The molecule has 0 spiro atoms. The van der Waals surface area contributed by atoms with Crippen LogP contribution >= 0.6 is 0 Å². The fourth-order valence-corrected chi connectivity index (χ4v) is 2.08. The number of esters is 1. The Balaban J connectivity index is 2.39. The Morgan fingerprint density at radius 3 is 2.52 bits per heavy atom. The van der Waals surface area contributed by atoms with Crippen LogP contribution in [0.3, 0.4) is 0 Å². The van der Waals surface area contributed by atoms with Crippen LogP contribution in [-0.4, -0.2) is 35.8 Å². The maximum absolute atomic E-state index is 11.7. The van der Waals surface area contributed by atoms with Crippen molar-refractivity contribution in [2.75, 3.05) is 6.61 Å². The Kier molecular flexibility index (Phi) is 3.91. The first-order valence-electron chi connectivity index (χ1n) is 5.82. The summed E-state index contributed by atoms with van der Waals surface area (Å²) in [4.78, 5) is 25.3. The molecule has 10 heteroatoms. The zero-order valence-corrected chi connectivity index (χ0v) is 11.8. The van der Waals surface area contributed by atoms with Crippen molar-refractivity contribution in [3.8, 4) is 5.69 Å². The van der Waals surface area contributed by atoms with E-state index in [2.05, 4.69) is 10.1 Å². The minimum absolute atomic E-state index is 0.0968. The van der Waals surface area contributed by atoms with Crippen LogP contribution in [0.25, 0.3) is 5.69 Å². The molecule has 0 saturated heterocycles. The van der Waals surface area contributed by atoms with Crippen LogP contribution < -0.4 is 10.8 Å². The molecule has 0 unspecified atom stereocenters. The lowest BCUT2D eigenvalue weighted by Gasteiger charge is -2.01. The molecule has 0 aliphatic rings.